The number of nitriles is 3. The van der Waals surface area contributed by atoms with Crippen molar-refractivity contribution in [1.29, 1.82) is 15.8 Å². The van der Waals surface area contributed by atoms with Gasteiger partial charge >= 0.3 is 0 Å². The summed E-state index contributed by atoms with van der Waals surface area (Å²) in [5.41, 5.74) is 7.05. The molecule has 0 aliphatic heterocycles. The zero-order valence-electron chi connectivity index (χ0n) is 16.3. The van der Waals surface area contributed by atoms with Crippen LogP contribution in [-0.4, -0.2) is 0 Å². The molecule has 2 aliphatic carbocycles. The van der Waals surface area contributed by atoms with Crippen molar-refractivity contribution < 1.29 is 0 Å². The molecule has 0 saturated carbocycles. The third-order valence-electron chi connectivity index (χ3n) is 6.31. The summed E-state index contributed by atoms with van der Waals surface area (Å²) in [4.78, 5) is 0. The summed E-state index contributed by atoms with van der Waals surface area (Å²) in [5, 5.41) is 30.0. The van der Waals surface area contributed by atoms with Crippen LogP contribution < -0.4 is 5.73 Å². The number of allylic oxidation sites excluding steroid dienone is 4. The van der Waals surface area contributed by atoms with E-state index in [4.69, 9.17) is 5.73 Å². The molecule has 4 nitrogen and oxygen atoms in total. The molecule has 3 atom stereocenters. The summed E-state index contributed by atoms with van der Waals surface area (Å²) in [6.45, 7) is 6.64. The number of hydrogen-bond donors (Lipinski definition) is 1. The van der Waals surface area contributed by atoms with Crippen LogP contribution in [0, 0.1) is 56.7 Å². The van der Waals surface area contributed by atoms with Crippen molar-refractivity contribution in [2.45, 2.75) is 39.5 Å². The van der Waals surface area contributed by atoms with Gasteiger partial charge in [0, 0.05) is 10.4 Å². The molecule has 2 N–H and O–H groups in total. The smallest absolute Gasteiger partial charge is 0.191 e. The van der Waals surface area contributed by atoms with Crippen LogP contribution in [0.25, 0.3) is 0 Å². The number of hydrogen-bond acceptors (Lipinski definition) is 4. The Kier molecular flexibility index (Phi) is 5.14. The number of nitrogens with zero attached hydrogens (tertiary/aromatic N) is 3. The van der Waals surface area contributed by atoms with E-state index in [0.29, 0.717) is 11.5 Å². The summed E-state index contributed by atoms with van der Waals surface area (Å²) in [6.07, 6.45) is 3.79. The van der Waals surface area contributed by atoms with E-state index in [0.717, 1.165) is 28.5 Å². The molecule has 0 bridgehead atoms. The highest BCUT2D eigenvalue weighted by Gasteiger charge is 2.55. The first-order valence-electron chi connectivity index (χ1n) is 9.38. The molecule has 0 aromatic heterocycles. The van der Waals surface area contributed by atoms with Crippen LogP contribution >= 0.6 is 15.9 Å². The van der Waals surface area contributed by atoms with E-state index in [1.807, 2.05) is 24.3 Å². The highest BCUT2D eigenvalue weighted by Crippen LogP contribution is 2.58. The summed E-state index contributed by atoms with van der Waals surface area (Å²) >= 11 is 3.51. The van der Waals surface area contributed by atoms with E-state index < -0.39 is 11.3 Å². The van der Waals surface area contributed by atoms with Gasteiger partial charge in [-0.15, -0.1) is 0 Å². The summed E-state index contributed by atoms with van der Waals surface area (Å²) in [5.74, 6) is -0.132. The normalized spacial score (nSPS) is 26.3. The predicted octanol–water partition coefficient (Wildman–Crippen LogP) is 5.31. The largest absolute Gasteiger partial charge is 0.399 e. The number of halogens is 1. The van der Waals surface area contributed by atoms with Crippen molar-refractivity contribution in [1.82, 2.24) is 0 Å². The first kappa shape index (κ1) is 20.2. The Labute approximate surface area is 175 Å². The lowest BCUT2D eigenvalue weighted by Gasteiger charge is -2.47. The molecule has 0 heterocycles. The van der Waals surface area contributed by atoms with Crippen molar-refractivity contribution in [2.75, 3.05) is 0 Å². The van der Waals surface area contributed by atoms with E-state index in [2.05, 4.69) is 61.0 Å². The lowest BCUT2D eigenvalue weighted by atomic mass is 9.54. The molecule has 142 valence electrons. The highest BCUT2D eigenvalue weighted by atomic mass is 79.9. The second-order valence-electron chi connectivity index (χ2n) is 8.77. The van der Waals surface area contributed by atoms with Crippen molar-refractivity contribution in [3.05, 3.63) is 57.2 Å². The maximum absolute atomic E-state index is 10.1. The first-order valence-corrected chi connectivity index (χ1v) is 10.2. The van der Waals surface area contributed by atoms with Gasteiger partial charge in [0.2, 0.25) is 0 Å². The molecular formula is C23H23BrN4. The van der Waals surface area contributed by atoms with Gasteiger partial charge in [0.1, 0.15) is 6.07 Å². The van der Waals surface area contributed by atoms with Gasteiger partial charge in [-0.2, -0.15) is 15.8 Å². The fourth-order valence-electron chi connectivity index (χ4n) is 4.67. The molecule has 28 heavy (non-hydrogen) atoms. The van der Waals surface area contributed by atoms with Crippen LogP contribution in [0.3, 0.4) is 0 Å². The molecule has 2 aliphatic rings. The van der Waals surface area contributed by atoms with Crippen molar-refractivity contribution in [2.24, 2.45) is 28.4 Å². The fourth-order valence-corrected chi connectivity index (χ4v) is 5.09. The van der Waals surface area contributed by atoms with Gasteiger partial charge in [0.05, 0.1) is 23.4 Å². The topological polar surface area (TPSA) is 97.4 Å². The molecule has 0 saturated heterocycles. The molecular weight excluding hydrogens is 412 g/mol. The molecule has 0 fully saturated rings. The van der Waals surface area contributed by atoms with Crippen molar-refractivity contribution >= 4 is 15.9 Å². The Hall–Kier alpha value is -2.55. The van der Waals surface area contributed by atoms with Crippen LogP contribution in [-0.2, 0) is 0 Å². The van der Waals surface area contributed by atoms with Gasteiger partial charge in [0.15, 0.2) is 5.41 Å². The Balaban J connectivity index is 2.31. The summed E-state index contributed by atoms with van der Waals surface area (Å²) in [7, 11) is 0. The van der Waals surface area contributed by atoms with Crippen molar-refractivity contribution in [3.63, 3.8) is 0 Å². The summed E-state index contributed by atoms with van der Waals surface area (Å²) in [6, 6.07) is 14.3. The van der Waals surface area contributed by atoms with Gasteiger partial charge in [-0.05, 0) is 53.4 Å². The third kappa shape index (κ3) is 3.03. The lowest BCUT2D eigenvalue weighted by molar-refractivity contribution is 0.170. The van der Waals surface area contributed by atoms with E-state index in [1.165, 1.54) is 0 Å². The zero-order valence-corrected chi connectivity index (χ0v) is 17.9. The Morgan fingerprint density at radius 1 is 1.18 bits per heavy atom. The molecule has 0 amide bonds. The minimum Gasteiger partial charge on any atom is -0.399 e. The molecule has 0 unspecified atom stereocenters. The SMILES string of the molecule is CC(C)(C)[C@H]1CC=C2C(C#N)=C(N)C(C#N)(C#N)[C@@H](c3cccc(Br)c3)[C@H]2C1. The standard InChI is InChI=1S/C23H23BrN4/c1-22(2,3)15-7-8-17-18(10-15)20(14-5-4-6-16(24)9-14)23(12-26,13-27)21(28)19(17)11-25/h4-6,8-9,15,18,20H,7,10,28H2,1-3H3/t15-,18-,20-/m0/s1. The van der Waals surface area contributed by atoms with E-state index in [9.17, 15) is 15.8 Å². The molecule has 1 aromatic carbocycles. The molecule has 3 rings (SSSR count). The zero-order chi connectivity index (χ0) is 20.7. The predicted molar refractivity (Wildman–Crippen MR) is 111 cm³/mol. The van der Waals surface area contributed by atoms with Crippen LogP contribution in [0.4, 0.5) is 0 Å². The van der Waals surface area contributed by atoms with Crippen LogP contribution in [0.2, 0.25) is 0 Å². The average molecular weight is 435 g/mol. The Morgan fingerprint density at radius 2 is 1.86 bits per heavy atom. The number of fused-ring (bicyclic) bond motifs is 1. The molecule has 5 heteroatoms. The number of nitrogens with two attached hydrogens (primary N) is 1. The third-order valence-corrected chi connectivity index (χ3v) is 6.80. The van der Waals surface area contributed by atoms with Crippen molar-refractivity contribution in [3.8, 4) is 18.2 Å². The van der Waals surface area contributed by atoms with Gasteiger partial charge in [-0.1, -0.05) is 54.9 Å². The van der Waals surface area contributed by atoms with Gasteiger partial charge in [-0.3, -0.25) is 0 Å². The molecule has 1 aromatic rings. The second kappa shape index (κ2) is 7.12. The summed E-state index contributed by atoms with van der Waals surface area (Å²) < 4.78 is 0.886. The number of rotatable bonds is 1. The van der Waals surface area contributed by atoms with Gasteiger partial charge < -0.3 is 5.73 Å². The monoisotopic (exact) mass is 434 g/mol. The van der Waals surface area contributed by atoms with E-state index in [-0.39, 0.29) is 17.0 Å². The minimum absolute atomic E-state index is 0.0849. The maximum atomic E-state index is 10.1. The van der Waals surface area contributed by atoms with Gasteiger partial charge in [0.25, 0.3) is 0 Å². The lowest BCUT2D eigenvalue weighted by Crippen LogP contribution is -2.44. The van der Waals surface area contributed by atoms with Crippen LogP contribution in [0.15, 0.2) is 51.7 Å². The first-order chi connectivity index (χ1) is 13.2. The fraction of sp³-hybridized carbons (Fsp3) is 0.435. The molecule has 0 radical (unpaired) electrons. The minimum atomic E-state index is -1.56. The Bertz CT molecular complexity index is 977. The highest BCUT2D eigenvalue weighted by molar-refractivity contribution is 9.10. The molecule has 0 spiro atoms. The number of benzene rings is 1. The van der Waals surface area contributed by atoms with Crippen LogP contribution in [0.1, 0.15) is 45.1 Å². The quantitative estimate of drug-likeness (QED) is 0.646. The van der Waals surface area contributed by atoms with E-state index in [1.54, 1.807) is 0 Å². The average Bonchev–Trinajstić information content (AvgIpc) is 2.66. The van der Waals surface area contributed by atoms with Gasteiger partial charge in [-0.25, -0.2) is 0 Å². The maximum Gasteiger partial charge on any atom is 0.191 e. The van der Waals surface area contributed by atoms with E-state index >= 15 is 0 Å². The Morgan fingerprint density at radius 3 is 2.39 bits per heavy atom. The second-order valence-corrected chi connectivity index (χ2v) is 9.68. The van der Waals surface area contributed by atoms with Crippen LogP contribution in [0.5, 0.6) is 0 Å².